The molecule has 0 aliphatic heterocycles. The first-order valence-electron chi connectivity index (χ1n) is 9.50. The average molecular weight is 418 g/mol. The third-order valence-corrected chi connectivity index (χ3v) is 6.89. The van der Waals surface area contributed by atoms with Crippen LogP contribution in [-0.2, 0) is 19.6 Å². The van der Waals surface area contributed by atoms with Crippen LogP contribution in [0.25, 0.3) is 0 Å². The Morgan fingerprint density at radius 3 is 2.31 bits per heavy atom. The highest BCUT2D eigenvalue weighted by Gasteiger charge is 2.42. The zero-order valence-corrected chi connectivity index (χ0v) is 17.5. The fraction of sp³-hybridized carbons (Fsp3) is 0.364. The van der Waals surface area contributed by atoms with Crippen LogP contribution >= 0.6 is 0 Å². The Balaban J connectivity index is 1.71. The van der Waals surface area contributed by atoms with Crippen LogP contribution in [0, 0.1) is 32.5 Å². The first kappa shape index (κ1) is 21.3. The molecule has 0 radical (unpaired) electrons. The molecule has 1 aliphatic rings. The molecular weight excluding hydrogens is 393 g/mol. The number of hydrogen-bond donors (Lipinski definition) is 1. The van der Waals surface area contributed by atoms with Gasteiger partial charge in [-0.05, 0) is 56.0 Å². The average Bonchev–Trinajstić information content (AvgIpc) is 2.89. The number of hydrogen-bond acceptors (Lipinski definition) is 4. The highest BCUT2D eigenvalue weighted by molar-refractivity contribution is 7.89. The molecule has 0 amide bonds. The van der Waals surface area contributed by atoms with Crippen molar-refractivity contribution < 1.29 is 22.4 Å². The second-order valence-corrected chi connectivity index (χ2v) is 9.37. The van der Waals surface area contributed by atoms with Gasteiger partial charge in [-0.1, -0.05) is 29.8 Å². The smallest absolute Gasteiger partial charge is 0.243 e. The molecule has 0 aromatic heterocycles. The van der Waals surface area contributed by atoms with Crippen LogP contribution in [0.3, 0.4) is 0 Å². The van der Waals surface area contributed by atoms with Crippen LogP contribution in [0.2, 0.25) is 0 Å². The third kappa shape index (κ3) is 4.31. The van der Waals surface area contributed by atoms with E-state index in [9.17, 15) is 22.4 Å². The molecule has 3 rings (SSSR count). The lowest BCUT2D eigenvalue weighted by molar-refractivity contribution is -0.124. The number of aryl methyl sites for hydroxylation is 3. The van der Waals surface area contributed by atoms with Gasteiger partial charge in [-0.15, -0.1) is 0 Å². The number of ketones is 2. The zero-order chi connectivity index (χ0) is 21.3. The van der Waals surface area contributed by atoms with Crippen LogP contribution in [0.15, 0.2) is 41.3 Å². The molecule has 1 saturated carbocycles. The molecule has 5 nitrogen and oxygen atoms in total. The van der Waals surface area contributed by atoms with E-state index in [1.54, 1.807) is 0 Å². The predicted octanol–water partition coefficient (Wildman–Crippen LogP) is 3.36. The van der Waals surface area contributed by atoms with Crippen LogP contribution < -0.4 is 4.72 Å². The first-order chi connectivity index (χ1) is 13.6. The van der Waals surface area contributed by atoms with Crippen molar-refractivity contribution in [3.05, 3.63) is 64.5 Å². The minimum absolute atomic E-state index is 0.0427. The second kappa shape index (κ2) is 8.16. The molecule has 2 aromatic carbocycles. The lowest BCUT2D eigenvalue weighted by Crippen LogP contribution is -2.28. The Labute approximate surface area is 170 Å². The summed E-state index contributed by atoms with van der Waals surface area (Å²) in [5.41, 5.74) is 3.66. The summed E-state index contributed by atoms with van der Waals surface area (Å²) in [5.74, 6) is -2.47. The minimum atomic E-state index is -4.02. The van der Waals surface area contributed by atoms with E-state index in [-0.39, 0.29) is 31.0 Å². The fourth-order valence-corrected chi connectivity index (χ4v) is 5.28. The van der Waals surface area contributed by atoms with Crippen molar-refractivity contribution >= 4 is 21.6 Å². The van der Waals surface area contributed by atoms with Gasteiger partial charge >= 0.3 is 0 Å². The molecule has 7 heteroatoms. The van der Waals surface area contributed by atoms with Crippen LogP contribution in [0.1, 0.15) is 41.0 Å². The predicted molar refractivity (Wildman–Crippen MR) is 108 cm³/mol. The summed E-state index contributed by atoms with van der Waals surface area (Å²) in [4.78, 5) is 25.1. The number of Topliss-reactive ketones (excluding diaryl/α,β-unsaturated/α-hetero) is 2. The Kier molecular flexibility index (Phi) is 6.00. The van der Waals surface area contributed by atoms with E-state index in [0.717, 1.165) is 28.3 Å². The Hall–Kier alpha value is -2.38. The number of halogens is 1. The number of rotatable bonds is 6. The standard InChI is InChI=1S/C22H24FNO4S/c1-13-10-14(2)20(15(3)11-13)21-18(25)12-16(22(21)26)8-9-24-29(27,28)19-7-5-4-6-17(19)23/h4-7,10-11,16,21,24H,8-9,12H2,1-3H3. The quantitative estimate of drug-likeness (QED) is 0.731. The molecule has 0 bridgehead atoms. The number of carbonyl (C=O) groups is 2. The molecular formula is C22H24FNO4S. The van der Waals surface area contributed by atoms with Gasteiger partial charge in [-0.2, -0.15) is 0 Å². The molecule has 29 heavy (non-hydrogen) atoms. The zero-order valence-electron chi connectivity index (χ0n) is 16.7. The molecule has 0 heterocycles. The molecule has 0 saturated heterocycles. The summed E-state index contributed by atoms with van der Waals surface area (Å²) in [5, 5.41) is 0. The maximum atomic E-state index is 13.8. The van der Waals surface area contributed by atoms with Crippen molar-refractivity contribution in [2.75, 3.05) is 6.54 Å². The first-order valence-corrected chi connectivity index (χ1v) is 11.0. The number of nitrogens with one attached hydrogen (secondary N) is 1. The molecule has 0 spiro atoms. The highest BCUT2D eigenvalue weighted by Crippen LogP contribution is 2.37. The topological polar surface area (TPSA) is 80.3 Å². The van der Waals surface area contributed by atoms with Gasteiger partial charge in [-0.3, -0.25) is 9.59 Å². The molecule has 1 N–H and O–H groups in total. The van der Waals surface area contributed by atoms with Gasteiger partial charge in [0.15, 0.2) is 5.78 Å². The summed E-state index contributed by atoms with van der Waals surface area (Å²) in [6, 6.07) is 9.02. The van der Waals surface area contributed by atoms with Crippen molar-refractivity contribution in [2.45, 2.75) is 44.4 Å². The fourth-order valence-electron chi connectivity index (χ4n) is 4.16. The van der Waals surface area contributed by atoms with Gasteiger partial charge < -0.3 is 0 Å². The van der Waals surface area contributed by atoms with E-state index in [1.807, 2.05) is 32.9 Å². The van der Waals surface area contributed by atoms with Gasteiger partial charge in [0.05, 0.1) is 0 Å². The van der Waals surface area contributed by atoms with Crippen molar-refractivity contribution in [2.24, 2.45) is 5.92 Å². The Morgan fingerprint density at radius 1 is 1.07 bits per heavy atom. The van der Waals surface area contributed by atoms with Crippen molar-refractivity contribution in [3.63, 3.8) is 0 Å². The molecule has 2 atom stereocenters. The van der Waals surface area contributed by atoms with E-state index in [0.29, 0.717) is 0 Å². The Bertz CT molecular complexity index is 1050. The monoisotopic (exact) mass is 417 g/mol. The largest absolute Gasteiger partial charge is 0.298 e. The van der Waals surface area contributed by atoms with E-state index in [1.165, 1.54) is 18.2 Å². The molecule has 154 valence electrons. The third-order valence-electron chi connectivity index (χ3n) is 5.39. The van der Waals surface area contributed by atoms with Crippen molar-refractivity contribution in [1.82, 2.24) is 4.72 Å². The molecule has 2 aromatic rings. The maximum absolute atomic E-state index is 13.8. The van der Waals surface area contributed by atoms with Crippen molar-refractivity contribution in [3.8, 4) is 0 Å². The number of sulfonamides is 1. The van der Waals surface area contributed by atoms with E-state index < -0.39 is 32.6 Å². The van der Waals surface area contributed by atoms with E-state index >= 15 is 0 Å². The molecule has 2 unspecified atom stereocenters. The number of benzene rings is 2. The lowest BCUT2D eigenvalue weighted by Gasteiger charge is -2.16. The number of carbonyl (C=O) groups excluding carboxylic acids is 2. The van der Waals surface area contributed by atoms with Gasteiger partial charge in [0.1, 0.15) is 22.4 Å². The van der Waals surface area contributed by atoms with Gasteiger partial charge in [0, 0.05) is 18.9 Å². The summed E-state index contributed by atoms with van der Waals surface area (Å²) < 4.78 is 40.6. The normalized spacial score (nSPS) is 19.7. The summed E-state index contributed by atoms with van der Waals surface area (Å²) >= 11 is 0. The second-order valence-electron chi connectivity index (χ2n) is 7.63. The lowest BCUT2D eigenvalue weighted by atomic mass is 9.86. The van der Waals surface area contributed by atoms with Gasteiger partial charge in [0.2, 0.25) is 10.0 Å². The van der Waals surface area contributed by atoms with Gasteiger partial charge in [0.25, 0.3) is 0 Å². The summed E-state index contributed by atoms with van der Waals surface area (Å²) in [7, 11) is -4.02. The van der Waals surface area contributed by atoms with Crippen LogP contribution in [-0.4, -0.2) is 26.5 Å². The van der Waals surface area contributed by atoms with Crippen LogP contribution in [0.4, 0.5) is 4.39 Å². The van der Waals surface area contributed by atoms with E-state index in [2.05, 4.69) is 4.72 Å². The summed E-state index contributed by atoms with van der Waals surface area (Å²) in [6.45, 7) is 5.71. The van der Waals surface area contributed by atoms with Crippen LogP contribution in [0.5, 0.6) is 0 Å². The van der Waals surface area contributed by atoms with Gasteiger partial charge in [-0.25, -0.2) is 17.5 Å². The molecule has 1 fully saturated rings. The minimum Gasteiger partial charge on any atom is -0.298 e. The highest BCUT2D eigenvalue weighted by atomic mass is 32.2. The SMILES string of the molecule is Cc1cc(C)c(C2C(=O)CC(CCNS(=O)(=O)c3ccccc3F)C2=O)c(C)c1. The molecule has 1 aliphatic carbocycles. The van der Waals surface area contributed by atoms with E-state index in [4.69, 9.17) is 0 Å². The summed E-state index contributed by atoms with van der Waals surface area (Å²) in [6.07, 6.45) is 0.288. The Morgan fingerprint density at radius 2 is 1.69 bits per heavy atom. The maximum Gasteiger partial charge on any atom is 0.243 e. The van der Waals surface area contributed by atoms with Crippen molar-refractivity contribution in [1.29, 1.82) is 0 Å².